The highest BCUT2D eigenvalue weighted by atomic mass is 79.9. The Balaban J connectivity index is 1.38. The highest BCUT2D eigenvalue weighted by Gasteiger charge is 2.37. The van der Waals surface area contributed by atoms with Crippen LogP contribution < -0.4 is 0 Å². The molecule has 3 aliphatic rings. The summed E-state index contributed by atoms with van der Waals surface area (Å²) in [4.78, 5) is 19.0. The third-order valence-corrected chi connectivity index (χ3v) is 7.04. The summed E-state index contributed by atoms with van der Waals surface area (Å²) in [5.41, 5.74) is 1.09. The highest BCUT2D eigenvalue weighted by molar-refractivity contribution is 9.10. The van der Waals surface area contributed by atoms with Crippen LogP contribution in [0.4, 0.5) is 0 Å². The van der Waals surface area contributed by atoms with Crippen molar-refractivity contribution >= 4 is 55.8 Å². The fourth-order valence-corrected chi connectivity index (χ4v) is 4.86. The van der Waals surface area contributed by atoms with Gasteiger partial charge in [0, 0.05) is 23.1 Å². The highest BCUT2D eigenvalue weighted by Crippen LogP contribution is 2.32. The van der Waals surface area contributed by atoms with Gasteiger partial charge in [-0.15, -0.1) is 5.10 Å². The molecule has 2 aromatic rings. The van der Waals surface area contributed by atoms with E-state index in [4.69, 9.17) is 9.83 Å². The molecule has 0 spiro atoms. The van der Waals surface area contributed by atoms with Crippen LogP contribution in [-0.4, -0.2) is 45.1 Å². The Labute approximate surface area is 192 Å². The fraction of sp³-hybridized carbons (Fsp3) is 0.273. The third-order valence-electron chi connectivity index (χ3n) is 5.54. The number of amides is 1. The number of carbonyl (C=O) groups is 1. The minimum absolute atomic E-state index is 0.0180. The van der Waals surface area contributed by atoms with E-state index in [9.17, 15) is 4.79 Å². The summed E-state index contributed by atoms with van der Waals surface area (Å²) in [5.74, 6) is 1.46. The van der Waals surface area contributed by atoms with Gasteiger partial charge in [-0.3, -0.25) is 10.2 Å². The van der Waals surface area contributed by atoms with E-state index in [1.54, 1.807) is 12.1 Å². The molecular formula is C22H20BrN5O2S. The minimum Gasteiger partial charge on any atom is -0.457 e. The van der Waals surface area contributed by atoms with Gasteiger partial charge in [0.2, 0.25) is 5.17 Å². The number of fused-ring (bicyclic) bond motifs is 1. The van der Waals surface area contributed by atoms with Crippen molar-refractivity contribution in [2.75, 3.05) is 13.1 Å². The van der Waals surface area contributed by atoms with E-state index in [0.717, 1.165) is 41.1 Å². The number of nitrogens with one attached hydrogen (secondary N) is 1. The molecule has 1 saturated heterocycles. The second-order valence-corrected chi connectivity index (χ2v) is 9.63. The number of hydrogen-bond acceptors (Lipinski definition) is 6. The van der Waals surface area contributed by atoms with E-state index in [1.807, 2.05) is 30.3 Å². The maximum Gasteiger partial charge on any atom is 0.283 e. The number of halogens is 1. The zero-order chi connectivity index (χ0) is 21.5. The van der Waals surface area contributed by atoms with Crippen LogP contribution in [-0.2, 0) is 4.79 Å². The molecule has 0 saturated carbocycles. The van der Waals surface area contributed by atoms with Crippen LogP contribution in [0.25, 0.3) is 17.4 Å². The van der Waals surface area contributed by atoms with Gasteiger partial charge >= 0.3 is 0 Å². The van der Waals surface area contributed by atoms with E-state index in [-0.39, 0.29) is 11.4 Å². The SMILES string of the molecule is CC1CCN(C2=NN3C(=N)/C(=C\c4ccc(-c5ccc(Br)cc5)o4)C(=O)N=C3S2)CC1. The van der Waals surface area contributed by atoms with Gasteiger partial charge in [-0.2, -0.15) is 10.0 Å². The largest absolute Gasteiger partial charge is 0.457 e. The molecule has 5 rings (SSSR count). The van der Waals surface area contributed by atoms with Gasteiger partial charge in [0.1, 0.15) is 11.5 Å². The first-order valence-corrected chi connectivity index (χ1v) is 11.7. The average molecular weight is 498 g/mol. The minimum atomic E-state index is -0.450. The van der Waals surface area contributed by atoms with Gasteiger partial charge in [0.15, 0.2) is 11.0 Å². The Morgan fingerprint density at radius 1 is 1.16 bits per heavy atom. The molecule has 0 radical (unpaired) electrons. The zero-order valence-corrected chi connectivity index (χ0v) is 19.2. The Kier molecular flexibility index (Phi) is 5.31. The van der Waals surface area contributed by atoms with Gasteiger partial charge in [-0.25, -0.2) is 0 Å². The van der Waals surface area contributed by atoms with Crippen LogP contribution in [0, 0.1) is 11.3 Å². The number of aliphatic imine (C=N–C) groups is 1. The maximum atomic E-state index is 12.6. The van der Waals surface area contributed by atoms with Crippen molar-refractivity contribution in [2.45, 2.75) is 19.8 Å². The molecule has 1 N–H and O–H groups in total. The normalized spacial score (nSPS) is 20.9. The molecular weight excluding hydrogens is 478 g/mol. The van der Waals surface area contributed by atoms with Crippen molar-refractivity contribution in [3.8, 4) is 11.3 Å². The number of benzene rings is 1. The number of piperidine rings is 1. The average Bonchev–Trinajstić information content (AvgIpc) is 3.40. The van der Waals surface area contributed by atoms with Crippen molar-refractivity contribution in [3.05, 3.63) is 52.2 Å². The summed E-state index contributed by atoms with van der Waals surface area (Å²) in [6.07, 6.45) is 3.80. The number of likely N-dealkylation sites (tertiary alicyclic amines) is 1. The number of hydrazone groups is 1. The quantitative estimate of drug-likeness (QED) is 0.588. The number of nitrogens with zero attached hydrogens (tertiary/aromatic N) is 4. The topological polar surface area (TPSA) is 85.3 Å². The lowest BCUT2D eigenvalue weighted by molar-refractivity contribution is -0.114. The molecule has 1 amide bonds. The van der Waals surface area contributed by atoms with Crippen molar-refractivity contribution < 1.29 is 9.21 Å². The van der Waals surface area contributed by atoms with Crippen molar-refractivity contribution in [1.82, 2.24) is 9.91 Å². The van der Waals surface area contributed by atoms with E-state index >= 15 is 0 Å². The first-order chi connectivity index (χ1) is 15.0. The van der Waals surface area contributed by atoms with Gasteiger partial charge in [-0.05, 0) is 60.9 Å². The number of furan rings is 1. The summed E-state index contributed by atoms with van der Waals surface area (Å²) in [7, 11) is 0. The lowest BCUT2D eigenvalue weighted by atomic mass is 10.00. The van der Waals surface area contributed by atoms with Crippen LogP contribution in [0.5, 0.6) is 0 Å². The summed E-state index contributed by atoms with van der Waals surface area (Å²) in [6.45, 7) is 4.13. The molecule has 0 atom stereocenters. The summed E-state index contributed by atoms with van der Waals surface area (Å²) >= 11 is 4.78. The molecule has 0 aliphatic carbocycles. The molecule has 3 aliphatic heterocycles. The second-order valence-electron chi connectivity index (χ2n) is 7.78. The molecule has 1 fully saturated rings. The first kappa shape index (κ1) is 20.3. The third kappa shape index (κ3) is 3.99. The van der Waals surface area contributed by atoms with E-state index in [2.05, 4.69) is 37.8 Å². The van der Waals surface area contributed by atoms with Crippen LogP contribution in [0.3, 0.4) is 0 Å². The van der Waals surface area contributed by atoms with Gasteiger partial charge in [-0.1, -0.05) is 35.0 Å². The Morgan fingerprint density at radius 2 is 1.90 bits per heavy atom. The Bertz CT molecular complexity index is 1140. The van der Waals surface area contributed by atoms with Crippen molar-refractivity contribution in [3.63, 3.8) is 0 Å². The van der Waals surface area contributed by atoms with Crippen LogP contribution >= 0.6 is 27.7 Å². The van der Waals surface area contributed by atoms with Crippen molar-refractivity contribution in [1.29, 1.82) is 5.41 Å². The smallest absolute Gasteiger partial charge is 0.283 e. The second kappa shape index (κ2) is 8.12. The van der Waals surface area contributed by atoms with Crippen LogP contribution in [0.2, 0.25) is 0 Å². The standard InChI is InChI=1S/C22H20BrN5O2S/c1-13-8-10-27(11-9-13)22-26-28-19(24)17(20(29)25-21(28)31-22)12-16-6-7-18(30-16)14-2-4-15(23)5-3-14/h2-7,12-13,24H,8-11H2,1H3/b17-12+,24-19?. The molecule has 1 aromatic heterocycles. The van der Waals surface area contributed by atoms with E-state index < -0.39 is 5.91 Å². The van der Waals surface area contributed by atoms with E-state index in [0.29, 0.717) is 22.6 Å². The van der Waals surface area contributed by atoms with Crippen molar-refractivity contribution in [2.24, 2.45) is 16.0 Å². The number of thioether (sulfide) groups is 1. The molecule has 7 nitrogen and oxygen atoms in total. The van der Waals surface area contributed by atoms with Crippen LogP contribution in [0.1, 0.15) is 25.5 Å². The van der Waals surface area contributed by atoms with Gasteiger partial charge in [0.05, 0.1) is 5.57 Å². The maximum absolute atomic E-state index is 12.6. The molecule has 158 valence electrons. The summed E-state index contributed by atoms with van der Waals surface area (Å²) < 4.78 is 6.88. The fourth-order valence-electron chi connectivity index (χ4n) is 3.65. The van der Waals surface area contributed by atoms with E-state index in [1.165, 1.54) is 16.8 Å². The van der Waals surface area contributed by atoms with Gasteiger partial charge in [0.25, 0.3) is 5.91 Å². The molecule has 0 bridgehead atoms. The Morgan fingerprint density at radius 3 is 2.65 bits per heavy atom. The zero-order valence-electron chi connectivity index (χ0n) is 16.8. The number of amidine groups is 3. The summed E-state index contributed by atoms with van der Waals surface area (Å²) in [5, 5.41) is 15.8. The lowest BCUT2D eigenvalue weighted by Crippen LogP contribution is -2.36. The molecule has 0 unspecified atom stereocenters. The summed E-state index contributed by atoms with van der Waals surface area (Å²) in [6, 6.07) is 11.4. The monoisotopic (exact) mass is 497 g/mol. The number of carbonyl (C=O) groups excluding carboxylic acids is 1. The molecule has 1 aromatic carbocycles. The molecule has 9 heteroatoms. The predicted molar refractivity (Wildman–Crippen MR) is 127 cm³/mol. The lowest BCUT2D eigenvalue weighted by Gasteiger charge is -2.30. The Hall–Kier alpha value is -2.65. The number of hydrogen-bond donors (Lipinski definition) is 1. The predicted octanol–water partition coefficient (Wildman–Crippen LogP) is 5.02. The van der Waals surface area contributed by atoms with Gasteiger partial charge < -0.3 is 9.32 Å². The number of rotatable bonds is 2. The van der Waals surface area contributed by atoms with Crippen LogP contribution in [0.15, 0.2) is 61.0 Å². The first-order valence-electron chi connectivity index (χ1n) is 10.1. The molecule has 4 heterocycles. The molecule has 31 heavy (non-hydrogen) atoms.